The Morgan fingerprint density at radius 3 is 0.964 bits per heavy atom. The summed E-state index contributed by atoms with van der Waals surface area (Å²) >= 11 is 0. The van der Waals surface area contributed by atoms with Crippen molar-refractivity contribution in [1.29, 1.82) is 0 Å². The molecule has 4 aromatic rings. The maximum atomic E-state index is 13.4. The molecule has 0 heterocycles. The molecule has 0 aromatic heterocycles. The van der Waals surface area contributed by atoms with Gasteiger partial charge in [-0.05, 0) is 116 Å². The summed E-state index contributed by atoms with van der Waals surface area (Å²) in [6.07, 6.45) is -9.10. The summed E-state index contributed by atoms with van der Waals surface area (Å²) in [6.45, 7) is 1.87. The molecule has 0 aliphatic heterocycles. The van der Waals surface area contributed by atoms with Crippen molar-refractivity contribution in [1.82, 2.24) is 0 Å². The minimum atomic E-state index is -4.61. The molecule has 6 rings (SSSR count). The topological polar surface area (TPSA) is 0 Å². The first kappa shape index (κ1) is 45.1. The fraction of sp³-hybridized carbons (Fsp3) is 0.400. The molecule has 2 unspecified atom stereocenters. The van der Waals surface area contributed by atoms with Gasteiger partial charge in [-0.3, -0.25) is 0 Å². The Kier molecular flexibility index (Phi) is 15.0. The van der Waals surface area contributed by atoms with Crippen LogP contribution in [0, 0.1) is 5.92 Å². The van der Waals surface area contributed by atoms with Gasteiger partial charge in [0.2, 0.25) is 0 Å². The molecule has 15 heteroatoms. The second-order valence-electron chi connectivity index (χ2n) is 13.6. The van der Waals surface area contributed by atoms with E-state index in [4.69, 9.17) is 0 Å². The van der Waals surface area contributed by atoms with E-state index in [1.54, 1.807) is 0 Å². The third-order valence-corrected chi connectivity index (χ3v) is 16.0. The van der Waals surface area contributed by atoms with E-state index in [1.807, 2.05) is 6.92 Å². The van der Waals surface area contributed by atoms with Gasteiger partial charge in [0.1, 0.15) is 0 Å². The molecule has 2 fully saturated rings. The fourth-order valence-corrected chi connectivity index (χ4v) is 13.6. The third-order valence-electron chi connectivity index (χ3n) is 10.0. The van der Waals surface area contributed by atoms with Crippen LogP contribution in [0.5, 0.6) is 0 Å². The summed E-state index contributed by atoms with van der Waals surface area (Å²) in [5.74, 6) is -0.216. The molecule has 55 heavy (non-hydrogen) atoms. The molecular weight excluding hydrogens is 826 g/mol. The van der Waals surface area contributed by atoms with Gasteiger partial charge in [-0.1, -0.05) is 94.0 Å². The summed E-state index contributed by atoms with van der Waals surface area (Å²) in [5, 5.41) is 2.02. The predicted octanol–water partition coefficient (Wildman–Crippen LogP) is 12.8. The van der Waals surface area contributed by atoms with Gasteiger partial charge < -0.3 is 0 Å². The zero-order valence-electron chi connectivity index (χ0n) is 29.4. The Hall–Kier alpha value is -2.58. The first-order chi connectivity index (χ1) is 25.2. The van der Waals surface area contributed by atoms with Crippen molar-refractivity contribution < 1.29 is 69.8 Å². The summed E-state index contributed by atoms with van der Waals surface area (Å²) < 4.78 is 161. The van der Waals surface area contributed by atoms with Crippen molar-refractivity contribution in [2.45, 2.75) is 94.3 Å². The largest absolute Gasteiger partial charge is 0.416 e. The molecule has 2 saturated carbocycles. The fourth-order valence-electron chi connectivity index (χ4n) is 7.32. The molecular formula is C40H38F12FeP2. The van der Waals surface area contributed by atoms with Crippen molar-refractivity contribution in [2.75, 3.05) is 0 Å². The van der Waals surface area contributed by atoms with Crippen LogP contribution in [0.3, 0.4) is 0 Å². The van der Waals surface area contributed by atoms with Gasteiger partial charge in [0.25, 0.3) is 0 Å². The Bertz CT molecular complexity index is 1660. The van der Waals surface area contributed by atoms with Crippen LogP contribution < -0.4 is 21.2 Å². The van der Waals surface area contributed by atoms with E-state index in [2.05, 4.69) is 0 Å². The second-order valence-corrected chi connectivity index (χ2v) is 18.6. The summed E-state index contributed by atoms with van der Waals surface area (Å²) in [6, 6.07) is 18.0. The molecule has 300 valence electrons. The second kappa shape index (κ2) is 18.3. The molecule has 0 bridgehead atoms. The number of alkyl halides is 12. The molecule has 4 aromatic carbocycles. The van der Waals surface area contributed by atoms with Gasteiger partial charge in [-0.15, -0.1) is 0 Å². The van der Waals surface area contributed by atoms with Crippen LogP contribution in [-0.2, 0) is 41.8 Å². The third kappa shape index (κ3) is 11.5. The molecule has 0 N–H and O–H groups in total. The molecule has 0 saturated heterocycles. The molecule has 2 aliphatic carbocycles. The van der Waals surface area contributed by atoms with Crippen LogP contribution in [0.4, 0.5) is 52.7 Å². The summed E-state index contributed by atoms with van der Waals surface area (Å²) in [7, 11) is -3.12. The van der Waals surface area contributed by atoms with Crippen molar-refractivity contribution in [3.05, 3.63) is 119 Å². The Morgan fingerprint density at radius 1 is 0.418 bits per heavy atom. The SMILES string of the molecule is C1CCCC1.C[C@@H](C1CCCC1P(c1ccc(C(F)(F)F)cc1)c1ccc(C(F)(F)F)cc1)P(c1ccc(C(F)(F)F)cc1)c1ccc(C(F)(F)F)cc1.[Fe]. The minimum Gasteiger partial charge on any atom is -0.166 e. The summed E-state index contributed by atoms with van der Waals surface area (Å²) in [5.41, 5.74) is -4.15. The zero-order valence-corrected chi connectivity index (χ0v) is 32.3. The van der Waals surface area contributed by atoms with Crippen molar-refractivity contribution in [3.8, 4) is 0 Å². The minimum absolute atomic E-state index is 0. The Balaban J connectivity index is 0.00000104. The standard InChI is InChI=1S/C35H28F12P2.C5H10.Fe/c1-21(48(26-13-5-22(6-14-26)32(36,37)38)27-15-7-23(8-16-27)33(39,40)41)30-3-2-4-31(30)49(28-17-9-24(10-18-28)34(42,43)44)29-19-11-25(12-20-29)35(45,46)47;1-2-4-5-3-1;/h5-21,30-31H,2-4H2,1H3;1-5H2;/t21-,30?,31?;;/m0../s1. The van der Waals surface area contributed by atoms with Crippen LogP contribution in [0.25, 0.3) is 0 Å². The van der Waals surface area contributed by atoms with Gasteiger partial charge in [0.05, 0.1) is 22.3 Å². The maximum absolute atomic E-state index is 13.4. The van der Waals surface area contributed by atoms with Gasteiger partial charge in [-0.2, -0.15) is 52.7 Å². The van der Waals surface area contributed by atoms with Crippen LogP contribution >= 0.6 is 15.8 Å². The van der Waals surface area contributed by atoms with E-state index in [1.165, 1.54) is 80.6 Å². The summed E-state index contributed by atoms with van der Waals surface area (Å²) in [4.78, 5) is 0. The van der Waals surface area contributed by atoms with Crippen LogP contribution in [-0.4, -0.2) is 11.3 Å². The molecule has 0 nitrogen and oxygen atoms in total. The van der Waals surface area contributed by atoms with Crippen LogP contribution in [0.1, 0.15) is 80.5 Å². The number of hydrogen-bond donors (Lipinski definition) is 0. The van der Waals surface area contributed by atoms with Crippen molar-refractivity contribution in [2.24, 2.45) is 5.92 Å². The monoisotopic (exact) mass is 864 g/mol. The van der Waals surface area contributed by atoms with Crippen LogP contribution in [0.15, 0.2) is 97.1 Å². The van der Waals surface area contributed by atoms with Crippen molar-refractivity contribution in [3.63, 3.8) is 0 Å². The molecule has 0 amide bonds. The molecule has 3 atom stereocenters. The van der Waals surface area contributed by atoms with E-state index < -0.39 is 62.8 Å². The van der Waals surface area contributed by atoms with Gasteiger partial charge in [0.15, 0.2) is 0 Å². The predicted molar refractivity (Wildman–Crippen MR) is 192 cm³/mol. The maximum Gasteiger partial charge on any atom is 0.416 e. The van der Waals surface area contributed by atoms with Crippen LogP contribution in [0.2, 0.25) is 0 Å². The quantitative estimate of drug-likeness (QED) is 0.0986. The first-order valence-electron chi connectivity index (χ1n) is 17.5. The number of benzene rings is 4. The van der Waals surface area contributed by atoms with E-state index in [0.29, 0.717) is 40.5 Å². The van der Waals surface area contributed by atoms with Gasteiger partial charge in [0, 0.05) is 17.1 Å². The van der Waals surface area contributed by atoms with E-state index >= 15 is 0 Å². The average molecular weight is 865 g/mol. The first-order valence-corrected chi connectivity index (χ1v) is 20.3. The normalized spacial score (nSPS) is 18.5. The van der Waals surface area contributed by atoms with E-state index in [9.17, 15) is 52.7 Å². The van der Waals surface area contributed by atoms with Crippen molar-refractivity contribution >= 4 is 37.1 Å². The van der Waals surface area contributed by atoms with E-state index in [-0.39, 0.29) is 34.3 Å². The average Bonchev–Trinajstić information content (AvgIpc) is 3.85. The van der Waals surface area contributed by atoms with E-state index in [0.717, 1.165) is 48.5 Å². The number of halogens is 12. The number of rotatable bonds is 7. The number of hydrogen-bond acceptors (Lipinski definition) is 0. The Morgan fingerprint density at radius 2 is 0.691 bits per heavy atom. The van der Waals surface area contributed by atoms with Gasteiger partial charge in [-0.25, -0.2) is 0 Å². The molecule has 2 aliphatic rings. The molecule has 0 radical (unpaired) electrons. The smallest absolute Gasteiger partial charge is 0.166 e. The van der Waals surface area contributed by atoms with Gasteiger partial charge >= 0.3 is 24.7 Å². The molecule has 0 spiro atoms. The zero-order chi connectivity index (χ0) is 39.5. The Labute approximate surface area is 325 Å².